The van der Waals surface area contributed by atoms with Gasteiger partial charge in [0.1, 0.15) is 5.69 Å². The number of rotatable bonds is 5. The number of aryl methyl sites for hydroxylation is 2. The molecular weight excluding hydrogens is 348 g/mol. The third-order valence-corrected chi connectivity index (χ3v) is 4.24. The van der Waals surface area contributed by atoms with Gasteiger partial charge in [-0.15, -0.1) is 0 Å². The summed E-state index contributed by atoms with van der Waals surface area (Å²) in [5, 5.41) is 6.52. The average Bonchev–Trinajstić information content (AvgIpc) is 2.62. The number of aromatic nitrogens is 2. The molecule has 0 aliphatic rings. The first kappa shape index (κ1) is 17.9. The molecule has 26 heavy (non-hydrogen) atoms. The number of para-hydroxylation sites is 1. The second-order valence-corrected chi connectivity index (χ2v) is 6.34. The van der Waals surface area contributed by atoms with Crippen molar-refractivity contribution in [3.8, 4) is 0 Å². The summed E-state index contributed by atoms with van der Waals surface area (Å²) in [6.07, 6.45) is 0. The zero-order chi connectivity index (χ0) is 18.5. The van der Waals surface area contributed by atoms with Crippen molar-refractivity contribution in [1.29, 1.82) is 0 Å². The molecule has 0 aliphatic heterocycles. The van der Waals surface area contributed by atoms with Crippen LogP contribution in [0.3, 0.4) is 0 Å². The molecule has 0 bridgehead atoms. The van der Waals surface area contributed by atoms with Crippen LogP contribution in [-0.4, -0.2) is 15.9 Å². The van der Waals surface area contributed by atoms with Gasteiger partial charge >= 0.3 is 0 Å². The Morgan fingerprint density at radius 2 is 1.77 bits per heavy atom. The van der Waals surface area contributed by atoms with Crippen molar-refractivity contribution in [2.45, 2.75) is 20.4 Å². The van der Waals surface area contributed by atoms with Crippen LogP contribution in [0.15, 0.2) is 54.6 Å². The quantitative estimate of drug-likeness (QED) is 0.701. The van der Waals surface area contributed by atoms with Gasteiger partial charge in [-0.25, -0.2) is 9.97 Å². The smallest absolute Gasteiger partial charge is 0.270 e. The van der Waals surface area contributed by atoms with Gasteiger partial charge in [0.05, 0.1) is 10.7 Å². The number of nitrogens with one attached hydrogen (secondary N) is 2. The van der Waals surface area contributed by atoms with E-state index in [0.717, 1.165) is 11.1 Å². The van der Waals surface area contributed by atoms with Crippen molar-refractivity contribution < 1.29 is 4.79 Å². The summed E-state index contributed by atoms with van der Waals surface area (Å²) in [6, 6.07) is 16.9. The molecule has 0 aliphatic carbocycles. The maximum Gasteiger partial charge on any atom is 0.270 e. The minimum atomic E-state index is -0.249. The van der Waals surface area contributed by atoms with Crippen molar-refractivity contribution in [2.75, 3.05) is 5.32 Å². The molecule has 0 saturated carbocycles. The van der Waals surface area contributed by atoms with Crippen LogP contribution in [0.25, 0.3) is 0 Å². The molecule has 132 valence electrons. The molecule has 2 N–H and O–H groups in total. The Morgan fingerprint density at radius 3 is 2.54 bits per heavy atom. The number of nitrogens with zero attached hydrogens (tertiary/aromatic N) is 2. The van der Waals surface area contributed by atoms with E-state index in [9.17, 15) is 4.79 Å². The van der Waals surface area contributed by atoms with Gasteiger partial charge in [-0.05, 0) is 43.2 Å². The van der Waals surface area contributed by atoms with E-state index in [-0.39, 0.29) is 5.91 Å². The third-order valence-electron chi connectivity index (χ3n) is 3.91. The Labute approximate surface area is 157 Å². The van der Waals surface area contributed by atoms with Crippen LogP contribution in [0.4, 0.5) is 11.6 Å². The lowest BCUT2D eigenvalue weighted by atomic mass is 10.1. The van der Waals surface area contributed by atoms with Gasteiger partial charge in [0.2, 0.25) is 5.95 Å². The van der Waals surface area contributed by atoms with Gasteiger partial charge < -0.3 is 10.6 Å². The molecule has 0 saturated heterocycles. The number of hydrogen-bond donors (Lipinski definition) is 2. The van der Waals surface area contributed by atoms with E-state index >= 15 is 0 Å². The largest absolute Gasteiger partial charge is 0.347 e. The number of anilines is 2. The van der Waals surface area contributed by atoms with Crippen molar-refractivity contribution in [1.82, 2.24) is 15.3 Å². The number of benzene rings is 2. The van der Waals surface area contributed by atoms with E-state index in [0.29, 0.717) is 34.6 Å². The van der Waals surface area contributed by atoms with Crippen LogP contribution < -0.4 is 10.6 Å². The Bertz CT molecular complexity index is 943. The summed E-state index contributed by atoms with van der Waals surface area (Å²) in [5.41, 5.74) is 3.89. The minimum Gasteiger partial charge on any atom is -0.347 e. The van der Waals surface area contributed by atoms with Gasteiger partial charge in [-0.2, -0.15) is 0 Å². The maximum atomic E-state index is 12.5. The van der Waals surface area contributed by atoms with Crippen LogP contribution in [-0.2, 0) is 6.54 Å². The standard InChI is InChI=1S/C20H19ClN4O/c1-13-7-3-4-8-15(13)12-22-19(26)18-11-14(2)23-20(25-18)24-17-10-6-5-9-16(17)21/h3-11H,12H2,1-2H3,(H,22,26)(H,23,24,25). The lowest BCUT2D eigenvalue weighted by Gasteiger charge is -2.10. The van der Waals surface area contributed by atoms with Crippen molar-refractivity contribution in [3.05, 3.63) is 82.1 Å². The van der Waals surface area contributed by atoms with E-state index in [1.807, 2.05) is 56.3 Å². The molecule has 0 fully saturated rings. The number of carbonyl (C=O) groups excluding carboxylic acids is 1. The fraction of sp³-hybridized carbons (Fsp3) is 0.150. The molecule has 1 amide bonds. The zero-order valence-corrected chi connectivity index (χ0v) is 15.3. The van der Waals surface area contributed by atoms with Gasteiger partial charge in [0.15, 0.2) is 0 Å². The molecule has 6 heteroatoms. The Balaban J connectivity index is 1.75. The fourth-order valence-electron chi connectivity index (χ4n) is 2.50. The second kappa shape index (κ2) is 7.97. The highest BCUT2D eigenvalue weighted by Crippen LogP contribution is 2.23. The Hall–Kier alpha value is -2.92. The van der Waals surface area contributed by atoms with Crippen LogP contribution in [0.1, 0.15) is 27.3 Å². The minimum absolute atomic E-state index is 0.249. The third kappa shape index (κ3) is 4.37. The van der Waals surface area contributed by atoms with Gasteiger partial charge in [-0.1, -0.05) is 48.0 Å². The first-order valence-electron chi connectivity index (χ1n) is 8.23. The Kier molecular flexibility index (Phi) is 5.49. The predicted octanol–water partition coefficient (Wildman–Crippen LogP) is 4.42. The van der Waals surface area contributed by atoms with E-state index < -0.39 is 0 Å². The predicted molar refractivity (Wildman–Crippen MR) is 104 cm³/mol. The van der Waals surface area contributed by atoms with Crippen LogP contribution in [0.5, 0.6) is 0 Å². The molecule has 0 spiro atoms. The van der Waals surface area contributed by atoms with Gasteiger partial charge in [0, 0.05) is 12.2 Å². The van der Waals surface area contributed by atoms with Crippen LogP contribution in [0, 0.1) is 13.8 Å². The highest BCUT2D eigenvalue weighted by molar-refractivity contribution is 6.33. The molecule has 3 rings (SSSR count). The van der Waals surface area contributed by atoms with Crippen molar-refractivity contribution in [2.24, 2.45) is 0 Å². The first-order valence-corrected chi connectivity index (χ1v) is 8.60. The average molecular weight is 367 g/mol. The lowest BCUT2D eigenvalue weighted by molar-refractivity contribution is 0.0945. The molecule has 0 unspecified atom stereocenters. The summed E-state index contributed by atoms with van der Waals surface area (Å²) < 4.78 is 0. The van der Waals surface area contributed by atoms with E-state index in [2.05, 4.69) is 20.6 Å². The van der Waals surface area contributed by atoms with Crippen LogP contribution in [0.2, 0.25) is 5.02 Å². The number of amides is 1. The lowest BCUT2D eigenvalue weighted by Crippen LogP contribution is -2.24. The molecule has 2 aromatic carbocycles. The molecule has 3 aromatic rings. The summed E-state index contributed by atoms with van der Waals surface area (Å²) in [5.74, 6) is 0.0834. The molecule has 1 heterocycles. The SMILES string of the molecule is Cc1cc(C(=O)NCc2ccccc2C)nc(Nc2ccccc2Cl)n1. The number of carbonyl (C=O) groups is 1. The molecule has 0 radical (unpaired) electrons. The van der Waals surface area contributed by atoms with Gasteiger partial charge in [-0.3, -0.25) is 4.79 Å². The molecular formula is C20H19ClN4O. The first-order chi connectivity index (χ1) is 12.5. The maximum absolute atomic E-state index is 12.5. The normalized spacial score (nSPS) is 10.4. The van der Waals surface area contributed by atoms with Crippen molar-refractivity contribution in [3.63, 3.8) is 0 Å². The zero-order valence-electron chi connectivity index (χ0n) is 14.6. The summed E-state index contributed by atoms with van der Waals surface area (Å²) >= 11 is 6.15. The van der Waals surface area contributed by atoms with E-state index in [1.165, 1.54) is 0 Å². The fourth-order valence-corrected chi connectivity index (χ4v) is 2.68. The Morgan fingerprint density at radius 1 is 1.04 bits per heavy atom. The molecule has 1 aromatic heterocycles. The second-order valence-electron chi connectivity index (χ2n) is 5.93. The number of halogens is 1. The van der Waals surface area contributed by atoms with Crippen LogP contribution >= 0.6 is 11.6 Å². The summed E-state index contributed by atoms with van der Waals surface area (Å²) in [6.45, 7) is 4.28. The molecule has 0 atom stereocenters. The van der Waals surface area contributed by atoms with E-state index in [4.69, 9.17) is 11.6 Å². The highest BCUT2D eigenvalue weighted by atomic mass is 35.5. The topological polar surface area (TPSA) is 66.9 Å². The monoisotopic (exact) mass is 366 g/mol. The summed E-state index contributed by atoms with van der Waals surface area (Å²) in [7, 11) is 0. The van der Waals surface area contributed by atoms with Crippen molar-refractivity contribution >= 4 is 29.1 Å². The highest BCUT2D eigenvalue weighted by Gasteiger charge is 2.12. The number of hydrogen-bond acceptors (Lipinski definition) is 4. The van der Waals surface area contributed by atoms with Gasteiger partial charge in [0.25, 0.3) is 5.91 Å². The summed E-state index contributed by atoms with van der Waals surface area (Å²) in [4.78, 5) is 21.1. The van der Waals surface area contributed by atoms with E-state index in [1.54, 1.807) is 12.1 Å². The molecule has 5 nitrogen and oxygen atoms in total.